The van der Waals surface area contributed by atoms with Crippen molar-refractivity contribution >= 4 is 33.2 Å². The van der Waals surface area contributed by atoms with E-state index in [1.165, 1.54) is 4.88 Å². The second-order valence-electron chi connectivity index (χ2n) is 4.74. The maximum atomic E-state index is 5.41. The zero-order chi connectivity index (χ0) is 13.7. The third kappa shape index (κ3) is 4.47. The zero-order valence-corrected chi connectivity index (χ0v) is 13.8. The minimum Gasteiger partial charge on any atom is -0.381 e. The predicted molar refractivity (Wildman–Crippen MR) is 83.8 cm³/mol. The fourth-order valence-corrected chi connectivity index (χ4v) is 3.59. The van der Waals surface area contributed by atoms with Gasteiger partial charge in [0.15, 0.2) is 5.96 Å². The molecule has 1 N–H and O–H groups in total. The molecule has 1 saturated heterocycles. The van der Waals surface area contributed by atoms with Crippen molar-refractivity contribution < 1.29 is 4.74 Å². The van der Waals surface area contributed by atoms with E-state index >= 15 is 0 Å². The van der Waals surface area contributed by atoms with Gasteiger partial charge in [-0.15, -0.1) is 11.3 Å². The SMILES string of the molecule is CN=C(NCc1cc(Br)cs1)N(C)CC1CCOC1. The topological polar surface area (TPSA) is 36.9 Å². The molecule has 6 heteroatoms. The number of nitrogens with one attached hydrogen (secondary N) is 1. The summed E-state index contributed by atoms with van der Waals surface area (Å²) in [7, 11) is 3.91. The lowest BCUT2D eigenvalue weighted by molar-refractivity contribution is 0.181. The Morgan fingerprint density at radius 2 is 2.53 bits per heavy atom. The van der Waals surface area contributed by atoms with Crippen LogP contribution in [0.5, 0.6) is 0 Å². The molecule has 0 amide bonds. The predicted octanol–water partition coefficient (Wildman–Crippen LogP) is 2.55. The molecule has 19 heavy (non-hydrogen) atoms. The van der Waals surface area contributed by atoms with Crippen molar-refractivity contribution in [1.82, 2.24) is 10.2 Å². The second-order valence-corrected chi connectivity index (χ2v) is 6.65. The van der Waals surface area contributed by atoms with Gasteiger partial charge in [-0.3, -0.25) is 4.99 Å². The maximum absolute atomic E-state index is 5.41. The van der Waals surface area contributed by atoms with E-state index in [9.17, 15) is 0 Å². The van der Waals surface area contributed by atoms with Gasteiger partial charge in [0.25, 0.3) is 0 Å². The zero-order valence-electron chi connectivity index (χ0n) is 11.4. The normalized spacial score (nSPS) is 19.7. The molecule has 0 radical (unpaired) electrons. The van der Waals surface area contributed by atoms with Crippen LogP contribution in [-0.4, -0.2) is 44.7 Å². The molecule has 1 aliphatic heterocycles. The first kappa shape index (κ1) is 14.8. The number of guanidine groups is 1. The van der Waals surface area contributed by atoms with Crippen molar-refractivity contribution in [2.24, 2.45) is 10.9 Å². The van der Waals surface area contributed by atoms with Gasteiger partial charge in [0.05, 0.1) is 13.2 Å². The van der Waals surface area contributed by atoms with Crippen LogP contribution in [0.1, 0.15) is 11.3 Å². The van der Waals surface area contributed by atoms with E-state index in [1.807, 2.05) is 7.05 Å². The molecule has 1 atom stereocenters. The van der Waals surface area contributed by atoms with Crippen LogP contribution in [-0.2, 0) is 11.3 Å². The third-order valence-electron chi connectivity index (χ3n) is 3.17. The minimum atomic E-state index is 0.624. The van der Waals surface area contributed by atoms with Gasteiger partial charge in [0.1, 0.15) is 0 Å². The van der Waals surface area contributed by atoms with Gasteiger partial charge in [0.2, 0.25) is 0 Å². The molecule has 0 saturated carbocycles. The molecular formula is C13H20BrN3OS. The Labute approximate surface area is 127 Å². The molecule has 1 aromatic rings. The van der Waals surface area contributed by atoms with Gasteiger partial charge in [-0.25, -0.2) is 0 Å². The van der Waals surface area contributed by atoms with Crippen molar-refractivity contribution in [1.29, 1.82) is 0 Å². The smallest absolute Gasteiger partial charge is 0.193 e. The summed E-state index contributed by atoms with van der Waals surface area (Å²) in [4.78, 5) is 7.81. The molecule has 2 rings (SSSR count). The van der Waals surface area contributed by atoms with Crippen LogP contribution in [0, 0.1) is 5.92 Å². The second kappa shape index (κ2) is 7.26. The summed E-state index contributed by atoms with van der Waals surface area (Å²) in [5.41, 5.74) is 0. The van der Waals surface area contributed by atoms with Gasteiger partial charge in [0, 0.05) is 47.9 Å². The molecule has 2 heterocycles. The highest BCUT2D eigenvalue weighted by molar-refractivity contribution is 9.10. The summed E-state index contributed by atoms with van der Waals surface area (Å²) in [5, 5.41) is 5.49. The van der Waals surface area contributed by atoms with Gasteiger partial charge in [-0.05, 0) is 28.4 Å². The lowest BCUT2D eigenvalue weighted by Crippen LogP contribution is -2.41. The first-order valence-corrected chi connectivity index (χ1v) is 8.08. The van der Waals surface area contributed by atoms with Gasteiger partial charge in [-0.1, -0.05) is 0 Å². The Morgan fingerprint density at radius 3 is 3.11 bits per heavy atom. The van der Waals surface area contributed by atoms with E-state index < -0.39 is 0 Å². The van der Waals surface area contributed by atoms with Gasteiger partial charge < -0.3 is 15.0 Å². The average Bonchev–Trinajstić information content (AvgIpc) is 3.02. The highest BCUT2D eigenvalue weighted by Crippen LogP contribution is 2.19. The maximum Gasteiger partial charge on any atom is 0.193 e. The number of rotatable bonds is 4. The monoisotopic (exact) mass is 345 g/mol. The highest BCUT2D eigenvalue weighted by Gasteiger charge is 2.18. The van der Waals surface area contributed by atoms with E-state index in [4.69, 9.17) is 4.74 Å². The van der Waals surface area contributed by atoms with Crippen molar-refractivity contribution in [2.45, 2.75) is 13.0 Å². The Kier molecular flexibility index (Phi) is 5.66. The quantitative estimate of drug-likeness (QED) is 0.673. The molecule has 4 nitrogen and oxygen atoms in total. The van der Waals surface area contributed by atoms with Crippen molar-refractivity contribution in [3.05, 3.63) is 20.8 Å². The summed E-state index contributed by atoms with van der Waals surface area (Å²) in [6, 6.07) is 2.13. The lowest BCUT2D eigenvalue weighted by Gasteiger charge is -2.24. The van der Waals surface area contributed by atoms with Crippen molar-refractivity contribution in [3.8, 4) is 0 Å². The van der Waals surface area contributed by atoms with Crippen LogP contribution in [0.3, 0.4) is 0 Å². The van der Waals surface area contributed by atoms with Crippen LogP contribution < -0.4 is 5.32 Å². The number of thiophene rings is 1. The summed E-state index contributed by atoms with van der Waals surface area (Å²) >= 11 is 5.22. The first-order chi connectivity index (χ1) is 9.19. The van der Waals surface area contributed by atoms with Crippen LogP contribution in [0.4, 0.5) is 0 Å². The van der Waals surface area contributed by atoms with E-state index in [0.717, 1.165) is 43.2 Å². The fraction of sp³-hybridized carbons (Fsp3) is 0.615. The molecule has 1 fully saturated rings. The first-order valence-electron chi connectivity index (χ1n) is 6.41. The molecule has 0 bridgehead atoms. The number of halogens is 1. The largest absolute Gasteiger partial charge is 0.381 e. The number of ether oxygens (including phenoxy) is 1. The molecule has 1 aliphatic rings. The number of aliphatic imine (C=N–C) groups is 1. The average molecular weight is 346 g/mol. The van der Waals surface area contributed by atoms with Crippen molar-refractivity contribution in [2.75, 3.05) is 33.9 Å². The third-order valence-corrected chi connectivity index (χ3v) is 4.87. The van der Waals surface area contributed by atoms with Gasteiger partial charge >= 0.3 is 0 Å². The summed E-state index contributed by atoms with van der Waals surface area (Å²) in [5.74, 6) is 1.57. The van der Waals surface area contributed by atoms with E-state index in [2.05, 4.69) is 49.6 Å². The molecule has 1 aromatic heterocycles. The van der Waals surface area contributed by atoms with Crippen LogP contribution in [0.15, 0.2) is 20.9 Å². The van der Waals surface area contributed by atoms with Gasteiger partial charge in [-0.2, -0.15) is 0 Å². The molecule has 0 spiro atoms. The lowest BCUT2D eigenvalue weighted by atomic mass is 10.1. The molecular weight excluding hydrogens is 326 g/mol. The van der Waals surface area contributed by atoms with Crippen LogP contribution in [0.2, 0.25) is 0 Å². The minimum absolute atomic E-state index is 0.624. The standard InChI is InChI=1S/C13H20BrN3OS/c1-15-13(16-6-12-5-11(14)9-19-12)17(2)7-10-3-4-18-8-10/h5,9-10H,3-4,6-8H2,1-2H3,(H,15,16). The Hall–Kier alpha value is -0.590. The van der Waals surface area contributed by atoms with E-state index in [1.54, 1.807) is 11.3 Å². The summed E-state index contributed by atoms with van der Waals surface area (Å²) in [6.07, 6.45) is 1.15. The number of nitrogens with zero attached hydrogens (tertiary/aromatic N) is 2. The summed E-state index contributed by atoms with van der Waals surface area (Å²) < 4.78 is 6.55. The summed E-state index contributed by atoms with van der Waals surface area (Å²) in [6.45, 7) is 3.58. The molecule has 0 aromatic carbocycles. The molecule has 0 aliphatic carbocycles. The number of hydrogen-bond acceptors (Lipinski definition) is 3. The van der Waals surface area contributed by atoms with E-state index in [0.29, 0.717) is 5.92 Å². The fourth-order valence-electron chi connectivity index (χ4n) is 2.20. The molecule has 106 valence electrons. The Balaban J connectivity index is 1.81. The van der Waals surface area contributed by atoms with E-state index in [-0.39, 0.29) is 0 Å². The highest BCUT2D eigenvalue weighted by atomic mass is 79.9. The molecule has 1 unspecified atom stereocenters. The van der Waals surface area contributed by atoms with Crippen molar-refractivity contribution in [3.63, 3.8) is 0 Å². The Bertz CT molecular complexity index is 429. The Morgan fingerprint density at radius 1 is 1.68 bits per heavy atom. The number of hydrogen-bond donors (Lipinski definition) is 1. The van der Waals surface area contributed by atoms with Crippen LogP contribution in [0.25, 0.3) is 0 Å². The van der Waals surface area contributed by atoms with Crippen LogP contribution >= 0.6 is 27.3 Å².